The van der Waals surface area contributed by atoms with Crippen molar-refractivity contribution in [3.63, 3.8) is 0 Å². The Bertz CT molecular complexity index is 1180. The third-order valence-electron chi connectivity index (χ3n) is 5.69. The van der Waals surface area contributed by atoms with Gasteiger partial charge in [-0.15, -0.1) is 0 Å². The molecular formula is C22H23F3N2O4S. The molecule has 0 aromatic heterocycles. The molecule has 2 amide bonds. The Morgan fingerprint density at radius 3 is 2.31 bits per heavy atom. The molecule has 1 aliphatic carbocycles. The van der Waals surface area contributed by atoms with Gasteiger partial charge in [-0.3, -0.25) is 9.59 Å². The topological polar surface area (TPSA) is 92.3 Å². The van der Waals surface area contributed by atoms with Gasteiger partial charge in [0.2, 0.25) is 11.8 Å². The number of anilines is 1. The number of hydrogen-bond donors (Lipinski definition) is 2. The molecule has 0 unspecified atom stereocenters. The van der Waals surface area contributed by atoms with Crippen LogP contribution in [-0.2, 0) is 19.4 Å². The molecule has 1 saturated carbocycles. The van der Waals surface area contributed by atoms with Gasteiger partial charge in [-0.2, -0.15) is 0 Å². The standard InChI is InChI=1S/C22H23F3N2O4S/c1-13-5-6-14(2)17(11-13)32(30,31)22(9-3-4-10-22)21(29)26-12-18(28)27-16-8-7-15(23)19(24)20(16)25/h5-8,11H,3-4,9-10,12H2,1-2H3,(H,26,29)(H,27,28). The summed E-state index contributed by atoms with van der Waals surface area (Å²) in [5.74, 6) is -6.46. The van der Waals surface area contributed by atoms with Crippen LogP contribution in [-0.4, -0.2) is 31.5 Å². The van der Waals surface area contributed by atoms with Gasteiger partial charge in [-0.25, -0.2) is 21.6 Å². The maximum Gasteiger partial charge on any atom is 0.243 e. The van der Waals surface area contributed by atoms with E-state index in [9.17, 15) is 31.2 Å². The van der Waals surface area contributed by atoms with Crippen LogP contribution in [0.2, 0.25) is 0 Å². The zero-order chi connectivity index (χ0) is 23.7. The number of carbonyl (C=O) groups is 2. The van der Waals surface area contributed by atoms with E-state index in [0.29, 0.717) is 24.5 Å². The molecule has 1 fully saturated rings. The van der Waals surface area contributed by atoms with Crippen LogP contribution in [0.5, 0.6) is 0 Å². The van der Waals surface area contributed by atoms with Gasteiger partial charge in [-0.05, 0) is 56.0 Å². The minimum absolute atomic E-state index is 0.0721. The van der Waals surface area contributed by atoms with Crippen molar-refractivity contribution in [2.24, 2.45) is 0 Å². The Morgan fingerprint density at radius 1 is 1.00 bits per heavy atom. The number of nitrogens with one attached hydrogen (secondary N) is 2. The van der Waals surface area contributed by atoms with E-state index < -0.39 is 56.1 Å². The van der Waals surface area contributed by atoms with Crippen molar-refractivity contribution < 1.29 is 31.2 Å². The van der Waals surface area contributed by atoms with E-state index in [1.807, 2.05) is 5.32 Å². The fourth-order valence-electron chi connectivity index (χ4n) is 3.91. The van der Waals surface area contributed by atoms with Gasteiger partial charge in [0.1, 0.15) is 0 Å². The van der Waals surface area contributed by atoms with Crippen LogP contribution in [0.3, 0.4) is 0 Å². The average molecular weight is 468 g/mol. The van der Waals surface area contributed by atoms with Crippen LogP contribution in [0.25, 0.3) is 0 Å². The SMILES string of the molecule is Cc1ccc(C)c(S(=O)(=O)C2(C(=O)NCC(=O)Nc3ccc(F)c(F)c3F)CCCC2)c1. The third kappa shape index (κ3) is 4.23. The summed E-state index contributed by atoms with van der Waals surface area (Å²) in [7, 11) is -4.07. The van der Waals surface area contributed by atoms with E-state index in [4.69, 9.17) is 0 Å². The van der Waals surface area contributed by atoms with Gasteiger partial charge in [0.25, 0.3) is 0 Å². The highest BCUT2D eigenvalue weighted by Crippen LogP contribution is 2.41. The predicted octanol–water partition coefficient (Wildman–Crippen LogP) is 3.56. The third-order valence-corrected chi connectivity index (χ3v) is 8.33. The summed E-state index contributed by atoms with van der Waals surface area (Å²) in [5.41, 5.74) is 0.652. The first-order valence-electron chi connectivity index (χ1n) is 10.0. The number of sulfone groups is 1. The van der Waals surface area contributed by atoms with Crippen molar-refractivity contribution in [2.75, 3.05) is 11.9 Å². The van der Waals surface area contributed by atoms with Crippen LogP contribution < -0.4 is 10.6 Å². The second kappa shape index (κ2) is 8.93. The predicted molar refractivity (Wildman–Crippen MR) is 112 cm³/mol. The second-order valence-electron chi connectivity index (χ2n) is 7.93. The lowest BCUT2D eigenvalue weighted by Crippen LogP contribution is -2.52. The van der Waals surface area contributed by atoms with Crippen LogP contribution in [0.1, 0.15) is 36.8 Å². The maximum atomic E-state index is 13.7. The Morgan fingerprint density at radius 2 is 1.66 bits per heavy atom. The van der Waals surface area contributed by atoms with E-state index in [1.165, 1.54) is 6.07 Å². The van der Waals surface area contributed by atoms with Crippen LogP contribution in [0.15, 0.2) is 35.2 Å². The van der Waals surface area contributed by atoms with Crippen molar-refractivity contribution in [1.82, 2.24) is 5.32 Å². The molecule has 2 N–H and O–H groups in total. The largest absolute Gasteiger partial charge is 0.346 e. The van der Waals surface area contributed by atoms with E-state index in [1.54, 1.807) is 26.0 Å². The Labute approximate surface area is 184 Å². The maximum absolute atomic E-state index is 13.7. The molecule has 0 radical (unpaired) electrons. The molecule has 0 spiro atoms. The molecule has 10 heteroatoms. The van der Waals surface area contributed by atoms with Gasteiger partial charge in [-0.1, -0.05) is 25.0 Å². The molecule has 0 aliphatic heterocycles. The van der Waals surface area contributed by atoms with Gasteiger partial charge in [0.05, 0.1) is 17.1 Å². The first-order valence-corrected chi connectivity index (χ1v) is 11.5. The minimum atomic E-state index is -4.07. The molecule has 2 aromatic rings. The number of benzene rings is 2. The lowest BCUT2D eigenvalue weighted by atomic mass is 10.1. The lowest BCUT2D eigenvalue weighted by Gasteiger charge is -2.28. The lowest BCUT2D eigenvalue weighted by molar-refractivity contribution is -0.126. The number of amides is 2. The molecule has 1 aliphatic rings. The van der Waals surface area contributed by atoms with Crippen LogP contribution >= 0.6 is 0 Å². The van der Waals surface area contributed by atoms with Crippen LogP contribution in [0.4, 0.5) is 18.9 Å². The normalized spacial score (nSPS) is 15.4. The van der Waals surface area contributed by atoms with E-state index in [2.05, 4.69) is 5.32 Å². The smallest absolute Gasteiger partial charge is 0.243 e. The highest BCUT2D eigenvalue weighted by molar-refractivity contribution is 7.93. The number of aryl methyl sites for hydroxylation is 2. The fourth-order valence-corrected chi connectivity index (χ4v) is 6.31. The first-order chi connectivity index (χ1) is 15.0. The van der Waals surface area contributed by atoms with Crippen LogP contribution in [0, 0.1) is 31.3 Å². The summed E-state index contributed by atoms with van der Waals surface area (Å²) in [5, 5.41) is 4.36. The molecule has 0 heterocycles. The Balaban J connectivity index is 1.79. The van der Waals surface area contributed by atoms with Crippen molar-refractivity contribution >= 4 is 27.3 Å². The molecule has 32 heavy (non-hydrogen) atoms. The molecule has 3 rings (SSSR count). The first kappa shape index (κ1) is 23.8. The second-order valence-corrected chi connectivity index (χ2v) is 10.2. The van der Waals surface area contributed by atoms with Gasteiger partial charge in [0.15, 0.2) is 32.0 Å². The highest BCUT2D eigenvalue weighted by atomic mass is 32.2. The van der Waals surface area contributed by atoms with E-state index >= 15 is 0 Å². The summed E-state index contributed by atoms with van der Waals surface area (Å²) in [4.78, 5) is 25.3. The van der Waals surface area contributed by atoms with Gasteiger partial charge in [0, 0.05) is 0 Å². The Kier molecular flexibility index (Phi) is 6.64. The fraction of sp³-hybridized carbons (Fsp3) is 0.364. The number of rotatable bonds is 6. The van der Waals surface area contributed by atoms with Gasteiger partial charge < -0.3 is 10.6 Å². The quantitative estimate of drug-likeness (QED) is 0.634. The van der Waals surface area contributed by atoms with E-state index in [0.717, 1.165) is 11.6 Å². The van der Waals surface area contributed by atoms with Crippen molar-refractivity contribution in [3.8, 4) is 0 Å². The van der Waals surface area contributed by atoms with E-state index in [-0.39, 0.29) is 17.7 Å². The molecule has 172 valence electrons. The summed E-state index contributed by atoms with van der Waals surface area (Å²) in [6.45, 7) is 2.74. The number of hydrogen-bond acceptors (Lipinski definition) is 4. The molecular weight excluding hydrogens is 445 g/mol. The zero-order valence-electron chi connectivity index (χ0n) is 17.6. The number of halogens is 3. The van der Waals surface area contributed by atoms with Crippen molar-refractivity contribution in [2.45, 2.75) is 49.2 Å². The summed E-state index contributed by atoms with van der Waals surface area (Å²) < 4.78 is 65.4. The molecule has 0 atom stereocenters. The molecule has 2 aromatic carbocycles. The molecule has 0 saturated heterocycles. The monoisotopic (exact) mass is 468 g/mol. The van der Waals surface area contributed by atoms with Crippen molar-refractivity contribution in [1.29, 1.82) is 0 Å². The molecule has 6 nitrogen and oxygen atoms in total. The zero-order valence-corrected chi connectivity index (χ0v) is 18.4. The average Bonchev–Trinajstić information content (AvgIpc) is 3.26. The van der Waals surface area contributed by atoms with Crippen molar-refractivity contribution in [3.05, 3.63) is 58.9 Å². The summed E-state index contributed by atoms with van der Waals surface area (Å²) >= 11 is 0. The minimum Gasteiger partial charge on any atom is -0.346 e. The number of carbonyl (C=O) groups excluding carboxylic acids is 2. The Hall–Kier alpha value is -2.88. The highest BCUT2D eigenvalue weighted by Gasteiger charge is 2.53. The summed E-state index contributed by atoms with van der Waals surface area (Å²) in [6.07, 6.45) is 1.27. The summed E-state index contributed by atoms with van der Waals surface area (Å²) in [6, 6.07) is 6.47. The molecule has 0 bridgehead atoms. The van der Waals surface area contributed by atoms with Gasteiger partial charge >= 0.3 is 0 Å².